The van der Waals surface area contributed by atoms with Crippen molar-refractivity contribution in [1.29, 1.82) is 0 Å². The van der Waals surface area contributed by atoms with Crippen LogP contribution in [0.4, 0.5) is 10.2 Å². The van der Waals surface area contributed by atoms with Crippen LogP contribution in [0, 0.1) is 12.7 Å². The number of thioether (sulfide) groups is 1. The molecule has 136 valence electrons. The Labute approximate surface area is 161 Å². The Bertz CT molecular complexity index is 1110. The summed E-state index contributed by atoms with van der Waals surface area (Å²) in [4.78, 5) is 21.6. The van der Waals surface area contributed by atoms with Crippen LogP contribution in [0.15, 0.2) is 51.6 Å². The summed E-state index contributed by atoms with van der Waals surface area (Å²) in [6.07, 6.45) is 1.48. The van der Waals surface area contributed by atoms with Gasteiger partial charge in [0.1, 0.15) is 27.8 Å². The summed E-state index contributed by atoms with van der Waals surface area (Å²) in [7, 11) is 0. The number of nitrogens with zero attached hydrogens (tertiary/aromatic N) is 3. The van der Waals surface area contributed by atoms with E-state index in [0.717, 1.165) is 21.3 Å². The number of amides is 1. The van der Waals surface area contributed by atoms with Crippen LogP contribution in [0.25, 0.3) is 21.3 Å². The van der Waals surface area contributed by atoms with E-state index >= 15 is 0 Å². The van der Waals surface area contributed by atoms with Gasteiger partial charge in [-0.2, -0.15) is 0 Å². The predicted molar refractivity (Wildman–Crippen MR) is 103 cm³/mol. The van der Waals surface area contributed by atoms with E-state index in [1.807, 2.05) is 5.38 Å². The summed E-state index contributed by atoms with van der Waals surface area (Å²) in [6.45, 7) is 1.75. The number of halogens is 1. The fourth-order valence-corrected chi connectivity index (χ4v) is 4.33. The number of anilines is 1. The molecule has 0 unspecified atom stereocenters. The standard InChI is InChI=1S/C18H13FN4O2S2/c1-10-6-14(23-25-10)22-15(24)8-27-18-16-13(7-26-17(16)20-9-21-18)11-2-4-12(19)5-3-11/h2-7,9H,8H2,1H3,(H,22,23,24). The number of hydrogen-bond acceptors (Lipinski definition) is 7. The van der Waals surface area contributed by atoms with Gasteiger partial charge in [-0.05, 0) is 24.6 Å². The SMILES string of the molecule is Cc1cc(NC(=O)CSc2ncnc3scc(-c4ccc(F)cc4)c23)no1. The van der Waals surface area contributed by atoms with Gasteiger partial charge >= 0.3 is 0 Å². The average Bonchev–Trinajstić information content (AvgIpc) is 3.27. The van der Waals surface area contributed by atoms with Gasteiger partial charge in [0, 0.05) is 17.0 Å². The topological polar surface area (TPSA) is 80.9 Å². The van der Waals surface area contributed by atoms with Gasteiger partial charge in [0.15, 0.2) is 5.82 Å². The van der Waals surface area contributed by atoms with Crippen molar-refractivity contribution in [1.82, 2.24) is 15.1 Å². The molecule has 0 saturated heterocycles. The highest BCUT2D eigenvalue weighted by Gasteiger charge is 2.15. The first kappa shape index (κ1) is 17.6. The van der Waals surface area contributed by atoms with Crippen LogP contribution in [0.5, 0.6) is 0 Å². The first-order valence-electron chi connectivity index (χ1n) is 7.94. The number of rotatable bonds is 5. The predicted octanol–water partition coefficient (Wildman–Crippen LogP) is 4.52. The van der Waals surface area contributed by atoms with Crippen LogP contribution < -0.4 is 5.32 Å². The fourth-order valence-electron chi connectivity index (χ4n) is 2.54. The van der Waals surface area contributed by atoms with Crippen LogP contribution in [-0.2, 0) is 4.79 Å². The number of fused-ring (bicyclic) bond motifs is 1. The molecule has 1 N–H and O–H groups in total. The lowest BCUT2D eigenvalue weighted by molar-refractivity contribution is -0.113. The van der Waals surface area contributed by atoms with E-state index in [4.69, 9.17) is 4.52 Å². The van der Waals surface area contributed by atoms with Crippen molar-refractivity contribution in [2.75, 3.05) is 11.1 Å². The van der Waals surface area contributed by atoms with Gasteiger partial charge in [-0.3, -0.25) is 4.79 Å². The van der Waals surface area contributed by atoms with Crippen molar-refractivity contribution in [3.63, 3.8) is 0 Å². The maximum absolute atomic E-state index is 13.2. The highest BCUT2D eigenvalue weighted by Crippen LogP contribution is 2.37. The van der Waals surface area contributed by atoms with Gasteiger partial charge in [-0.15, -0.1) is 11.3 Å². The number of thiophene rings is 1. The summed E-state index contributed by atoms with van der Waals surface area (Å²) < 4.78 is 18.2. The van der Waals surface area contributed by atoms with E-state index in [1.165, 1.54) is 41.6 Å². The molecule has 0 aliphatic heterocycles. The number of benzene rings is 1. The molecule has 4 rings (SSSR count). The fraction of sp³-hybridized carbons (Fsp3) is 0.111. The van der Waals surface area contributed by atoms with Gasteiger partial charge in [0.25, 0.3) is 0 Å². The largest absolute Gasteiger partial charge is 0.360 e. The highest BCUT2D eigenvalue weighted by molar-refractivity contribution is 8.00. The first-order chi connectivity index (χ1) is 13.1. The Morgan fingerprint density at radius 3 is 2.85 bits per heavy atom. The van der Waals surface area contributed by atoms with Gasteiger partial charge in [-0.1, -0.05) is 29.1 Å². The molecule has 0 aliphatic carbocycles. The van der Waals surface area contributed by atoms with Crippen LogP contribution in [0.3, 0.4) is 0 Å². The van der Waals surface area contributed by atoms with Gasteiger partial charge in [0.2, 0.25) is 5.91 Å². The molecule has 4 aromatic rings. The van der Waals surface area contributed by atoms with Crippen molar-refractivity contribution < 1.29 is 13.7 Å². The lowest BCUT2D eigenvalue weighted by Crippen LogP contribution is -2.14. The Hall–Kier alpha value is -2.78. The highest BCUT2D eigenvalue weighted by atomic mass is 32.2. The third-order valence-electron chi connectivity index (χ3n) is 3.73. The van der Waals surface area contributed by atoms with E-state index < -0.39 is 0 Å². The maximum atomic E-state index is 13.2. The Morgan fingerprint density at radius 1 is 1.30 bits per heavy atom. The molecule has 0 fully saturated rings. The number of carbonyl (C=O) groups is 1. The lowest BCUT2D eigenvalue weighted by Gasteiger charge is -2.05. The zero-order chi connectivity index (χ0) is 18.8. The third-order valence-corrected chi connectivity index (χ3v) is 5.60. The molecule has 0 aliphatic rings. The second-order valence-electron chi connectivity index (χ2n) is 5.67. The molecule has 1 aromatic carbocycles. The molecule has 0 bridgehead atoms. The Kier molecular flexibility index (Phi) is 4.87. The monoisotopic (exact) mass is 400 g/mol. The summed E-state index contributed by atoms with van der Waals surface area (Å²) >= 11 is 2.80. The van der Waals surface area contributed by atoms with Crippen LogP contribution in [0.2, 0.25) is 0 Å². The number of carbonyl (C=O) groups excluding carboxylic acids is 1. The van der Waals surface area contributed by atoms with Gasteiger partial charge in [0.05, 0.1) is 11.1 Å². The van der Waals surface area contributed by atoms with E-state index in [0.29, 0.717) is 16.6 Å². The second kappa shape index (κ2) is 7.45. The van der Waals surface area contributed by atoms with Gasteiger partial charge < -0.3 is 9.84 Å². The van der Waals surface area contributed by atoms with Gasteiger partial charge in [-0.25, -0.2) is 14.4 Å². The summed E-state index contributed by atoms with van der Waals surface area (Å²) in [6, 6.07) is 7.93. The van der Waals surface area contributed by atoms with E-state index in [2.05, 4.69) is 20.4 Å². The minimum atomic E-state index is -0.288. The molecule has 0 radical (unpaired) electrons. The summed E-state index contributed by atoms with van der Waals surface area (Å²) in [5.74, 6) is 0.671. The zero-order valence-electron chi connectivity index (χ0n) is 14.1. The Morgan fingerprint density at radius 2 is 2.11 bits per heavy atom. The number of aromatic nitrogens is 3. The van der Waals surface area contributed by atoms with Crippen molar-refractivity contribution in [3.05, 3.63) is 53.6 Å². The molecular formula is C18H13FN4O2S2. The number of nitrogens with one attached hydrogen (secondary N) is 1. The van der Waals surface area contributed by atoms with E-state index in [9.17, 15) is 9.18 Å². The number of hydrogen-bond donors (Lipinski definition) is 1. The molecule has 0 atom stereocenters. The summed E-state index contributed by atoms with van der Waals surface area (Å²) in [5.41, 5.74) is 1.80. The lowest BCUT2D eigenvalue weighted by atomic mass is 10.1. The minimum Gasteiger partial charge on any atom is -0.360 e. The van der Waals surface area contributed by atoms with E-state index in [-0.39, 0.29) is 17.5 Å². The molecule has 0 saturated carbocycles. The molecular weight excluding hydrogens is 387 g/mol. The van der Waals surface area contributed by atoms with Crippen LogP contribution >= 0.6 is 23.1 Å². The normalized spacial score (nSPS) is 11.0. The smallest absolute Gasteiger partial charge is 0.236 e. The molecule has 6 nitrogen and oxygen atoms in total. The van der Waals surface area contributed by atoms with Crippen molar-refractivity contribution in [2.45, 2.75) is 11.9 Å². The van der Waals surface area contributed by atoms with Crippen LogP contribution in [-0.4, -0.2) is 26.8 Å². The Balaban J connectivity index is 1.57. The van der Waals surface area contributed by atoms with Crippen molar-refractivity contribution >= 4 is 45.0 Å². The zero-order valence-corrected chi connectivity index (χ0v) is 15.7. The molecule has 27 heavy (non-hydrogen) atoms. The van der Waals surface area contributed by atoms with Crippen molar-refractivity contribution in [2.24, 2.45) is 0 Å². The molecule has 0 spiro atoms. The van der Waals surface area contributed by atoms with Crippen molar-refractivity contribution in [3.8, 4) is 11.1 Å². The molecule has 1 amide bonds. The third kappa shape index (κ3) is 3.83. The molecule has 3 aromatic heterocycles. The first-order valence-corrected chi connectivity index (χ1v) is 9.81. The minimum absolute atomic E-state index is 0.163. The molecule has 9 heteroatoms. The second-order valence-corrected chi connectivity index (χ2v) is 7.50. The summed E-state index contributed by atoms with van der Waals surface area (Å²) in [5, 5.41) is 9.96. The van der Waals surface area contributed by atoms with Crippen LogP contribution in [0.1, 0.15) is 5.76 Å². The molecule has 3 heterocycles. The maximum Gasteiger partial charge on any atom is 0.236 e. The number of aryl methyl sites for hydroxylation is 1. The quantitative estimate of drug-likeness (QED) is 0.392. The average molecular weight is 400 g/mol. The van der Waals surface area contributed by atoms with E-state index in [1.54, 1.807) is 25.1 Å².